The van der Waals surface area contributed by atoms with E-state index in [4.69, 9.17) is 0 Å². The van der Waals surface area contributed by atoms with Crippen LogP contribution in [0.4, 0.5) is 0 Å². The molecule has 5 aliphatic rings. The number of aliphatic carboxylic acids is 1. The van der Waals surface area contributed by atoms with Gasteiger partial charge in [0.2, 0.25) is 0 Å². The van der Waals surface area contributed by atoms with E-state index in [1.54, 1.807) is 6.92 Å². The number of carboxylic acids is 1. The molecule has 0 aromatic carbocycles. The maximum atomic E-state index is 13.4. The van der Waals surface area contributed by atoms with Crippen molar-refractivity contribution in [3.63, 3.8) is 0 Å². The second-order valence-corrected chi connectivity index (χ2v) is 14.7. The van der Waals surface area contributed by atoms with Gasteiger partial charge >= 0.3 is 5.97 Å². The van der Waals surface area contributed by atoms with Crippen molar-refractivity contribution < 1.29 is 24.9 Å². The van der Waals surface area contributed by atoms with Crippen molar-refractivity contribution >= 4 is 11.8 Å². The minimum Gasteiger partial charge on any atom is -0.481 e. The quantitative estimate of drug-likeness (QED) is 0.455. The molecule has 5 aliphatic carbocycles. The highest BCUT2D eigenvalue weighted by atomic mass is 16.4. The molecule has 5 rings (SSSR count). The second-order valence-electron chi connectivity index (χ2n) is 14.7. The molecule has 0 heterocycles. The van der Waals surface area contributed by atoms with Crippen molar-refractivity contribution in [2.45, 2.75) is 105 Å². The maximum Gasteiger partial charge on any atom is 0.309 e. The predicted octanol–water partition coefficient (Wildman–Crippen LogP) is 5.39. The summed E-state index contributed by atoms with van der Waals surface area (Å²) < 4.78 is 0. The summed E-state index contributed by atoms with van der Waals surface area (Å²) in [4.78, 5) is 25.7. The average molecular weight is 487 g/mol. The van der Waals surface area contributed by atoms with Crippen LogP contribution in [-0.4, -0.2) is 39.8 Å². The molecule has 0 aromatic rings. The predicted molar refractivity (Wildman–Crippen MR) is 134 cm³/mol. The molecule has 0 aromatic heterocycles. The van der Waals surface area contributed by atoms with Crippen molar-refractivity contribution in [3.05, 3.63) is 11.6 Å². The number of fused-ring (bicyclic) bond motifs is 7. The normalized spacial score (nSPS) is 55.7. The molecule has 0 aliphatic heterocycles. The Balaban J connectivity index is 1.59. The summed E-state index contributed by atoms with van der Waals surface area (Å²) in [6.45, 7) is 13.3. The number of aliphatic hydroxyl groups excluding tert-OH is 2. The summed E-state index contributed by atoms with van der Waals surface area (Å²) in [5, 5.41) is 31.3. The zero-order chi connectivity index (χ0) is 25.8. The van der Waals surface area contributed by atoms with Gasteiger partial charge in [-0.05, 0) is 92.3 Å². The van der Waals surface area contributed by atoms with E-state index in [0.29, 0.717) is 12.3 Å². The van der Waals surface area contributed by atoms with Gasteiger partial charge in [-0.25, -0.2) is 0 Å². The van der Waals surface area contributed by atoms with Crippen molar-refractivity contribution in [2.75, 3.05) is 6.61 Å². The molecule has 0 radical (unpaired) electrons. The molecule has 0 amide bonds. The fraction of sp³-hybridized carbons (Fsp3) is 0.867. The summed E-state index contributed by atoms with van der Waals surface area (Å²) in [5.74, 6) is -0.0127. The smallest absolute Gasteiger partial charge is 0.309 e. The number of Topliss-reactive ketones (excluding diaryl/α,β-unsaturated/α-hetero) is 1. The molecule has 35 heavy (non-hydrogen) atoms. The molecular formula is C30H46O5. The monoisotopic (exact) mass is 486 g/mol. The van der Waals surface area contributed by atoms with Crippen LogP contribution in [-0.2, 0) is 9.59 Å². The van der Waals surface area contributed by atoms with Crippen LogP contribution in [0.15, 0.2) is 11.6 Å². The van der Waals surface area contributed by atoms with Gasteiger partial charge in [0.1, 0.15) is 5.78 Å². The van der Waals surface area contributed by atoms with Crippen LogP contribution >= 0.6 is 0 Å². The molecule has 0 bridgehead atoms. The van der Waals surface area contributed by atoms with Crippen LogP contribution in [0.3, 0.4) is 0 Å². The Morgan fingerprint density at radius 1 is 1.00 bits per heavy atom. The van der Waals surface area contributed by atoms with Gasteiger partial charge in [0.15, 0.2) is 0 Å². The van der Waals surface area contributed by atoms with E-state index >= 15 is 0 Å². The largest absolute Gasteiger partial charge is 0.481 e. The van der Waals surface area contributed by atoms with Crippen LogP contribution in [0.5, 0.6) is 0 Å². The Labute approximate surface area is 210 Å². The first-order chi connectivity index (χ1) is 16.1. The molecule has 3 N–H and O–H groups in total. The van der Waals surface area contributed by atoms with E-state index < -0.39 is 28.3 Å². The number of carbonyl (C=O) groups is 2. The summed E-state index contributed by atoms with van der Waals surface area (Å²) in [7, 11) is 0. The second kappa shape index (κ2) is 7.43. The van der Waals surface area contributed by atoms with Crippen LogP contribution < -0.4 is 0 Å². The molecule has 0 saturated heterocycles. The van der Waals surface area contributed by atoms with Gasteiger partial charge in [0.25, 0.3) is 0 Å². The lowest BCUT2D eigenvalue weighted by molar-refractivity contribution is -0.215. The Hall–Kier alpha value is -1.20. The molecule has 0 unspecified atom stereocenters. The van der Waals surface area contributed by atoms with Gasteiger partial charge in [-0.2, -0.15) is 0 Å². The van der Waals surface area contributed by atoms with E-state index in [1.807, 2.05) is 0 Å². The number of rotatable bonds is 2. The fourth-order valence-corrected chi connectivity index (χ4v) is 10.5. The summed E-state index contributed by atoms with van der Waals surface area (Å²) >= 11 is 0. The number of aliphatic hydroxyl groups is 2. The van der Waals surface area contributed by atoms with Crippen molar-refractivity contribution in [3.8, 4) is 0 Å². The van der Waals surface area contributed by atoms with E-state index in [0.717, 1.165) is 44.9 Å². The van der Waals surface area contributed by atoms with Crippen LogP contribution in [0, 0.1) is 50.2 Å². The van der Waals surface area contributed by atoms with Gasteiger partial charge in [-0.1, -0.05) is 46.3 Å². The molecule has 196 valence electrons. The SMILES string of the molecule is C[C@@]1(C(=O)O)CC(=O)[C@]2(C)CC[C@]3(C)C(=CC[C@@H]4[C@@]5(C)CC[C@H](O)[C@@](C)(CO)[C@H]5CC[C@]43C)[C@@H]2C1. The van der Waals surface area contributed by atoms with E-state index in [2.05, 4.69) is 40.7 Å². The first-order valence-electron chi connectivity index (χ1n) is 13.9. The van der Waals surface area contributed by atoms with Gasteiger partial charge in [0.05, 0.1) is 18.1 Å². The van der Waals surface area contributed by atoms with E-state index in [9.17, 15) is 24.9 Å². The third-order valence-corrected chi connectivity index (χ3v) is 13.3. The lowest BCUT2D eigenvalue weighted by Crippen LogP contribution is -2.66. The molecule has 4 fully saturated rings. The fourth-order valence-electron chi connectivity index (χ4n) is 10.5. The van der Waals surface area contributed by atoms with Crippen molar-refractivity contribution in [1.82, 2.24) is 0 Å². The van der Waals surface area contributed by atoms with Gasteiger partial charge in [-0.3, -0.25) is 9.59 Å². The van der Waals surface area contributed by atoms with Crippen LogP contribution in [0.1, 0.15) is 99.3 Å². The molecular weight excluding hydrogens is 440 g/mol. The highest BCUT2D eigenvalue weighted by Crippen LogP contribution is 2.75. The Morgan fingerprint density at radius 2 is 1.69 bits per heavy atom. The van der Waals surface area contributed by atoms with Crippen molar-refractivity contribution in [2.24, 2.45) is 50.2 Å². The summed E-state index contributed by atoms with van der Waals surface area (Å²) in [6, 6.07) is 0. The molecule has 5 nitrogen and oxygen atoms in total. The lowest BCUT2D eigenvalue weighted by Gasteiger charge is -2.71. The van der Waals surface area contributed by atoms with Gasteiger partial charge in [-0.15, -0.1) is 0 Å². The molecule has 5 heteroatoms. The highest BCUT2D eigenvalue weighted by Gasteiger charge is 2.69. The Bertz CT molecular complexity index is 987. The average Bonchev–Trinajstić information content (AvgIpc) is 2.79. The Morgan fingerprint density at radius 3 is 2.31 bits per heavy atom. The topological polar surface area (TPSA) is 94.8 Å². The number of carboxylic acid groups (broad SMARTS) is 1. The van der Waals surface area contributed by atoms with Crippen molar-refractivity contribution in [1.29, 1.82) is 0 Å². The summed E-state index contributed by atoms with van der Waals surface area (Å²) in [5.41, 5.74) is -0.566. The van der Waals surface area contributed by atoms with Crippen LogP contribution in [0.2, 0.25) is 0 Å². The van der Waals surface area contributed by atoms with Gasteiger partial charge in [0, 0.05) is 17.3 Å². The number of ketones is 1. The minimum absolute atomic E-state index is 0.0113. The lowest BCUT2D eigenvalue weighted by atomic mass is 9.33. The first-order valence-corrected chi connectivity index (χ1v) is 13.9. The zero-order valence-corrected chi connectivity index (χ0v) is 22.6. The third kappa shape index (κ3) is 2.94. The Kier molecular flexibility index (Phi) is 5.40. The number of allylic oxidation sites excluding steroid dienone is 2. The van der Waals surface area contributed by atoms with Crippen LogP contribution in [0.25, 0.3) is 0 Å². The number of hydrogen-bond acceptors (Lipinski definition) is 4. The minimum atomic E-state index is -0.996. The molecule has 0 spiro atoms. The molecule has 10 atom stereocenters. The van der Waals surface area contributed by atoms with Gasteiger partial charge < -0.3 is 15.3 Å². The number of hydrogen-bond donors (Lipinski definition) is 3. The number of carbonyl (C=O) groups excluding carboxylic acids is 1. The van der Waals surface area contributed by atoms with E-state index in [1.165, 1.54) is 5.57 Å². The molecule has 4 saturated carbocycles. The summed E-state index contributed by atoms with van der Waals surface area (Å²) in [6.07, 6.45) is 9.13. The highest BCUT2D eigenvalue weighted by molar-refractivity contribution is 5.92. The van der Waals surface area contributed by atoms with E-state index in [-0.39, 0.29) is 46.9 Å². The maximum absolute atomic E-state index is 13.4. The first kappa shape index (κ1) is 25.4. The third-order valence-electron chi connectivity index (χ3n) is 13.3. The standard InChI is InChI=1S/C30H46O5/c1-25(24(34)35)15-19-18-7-8-21-27(3)11-10-22(32)28(4,17-31)20(27)9-12-30(21,6)29(18,5)14-13-26(19,2)23(33)16-25/h7,19-22,31-32H,8-17H2,1-6H3,(H,34,35)/t19-,20-,21+,22-,25-,26+,27-,28-,29+,30+/m0/s1. The zero-order valence-electron chi connectivity index (χ0n) is 22.6.